The highest BCUT2D eigenvalue weighted by molar-refractivity contribution is 5.47. The molecule has 2 aromatic heterocycles. The molecule has 3 heterocycles. The summed E-state index contributed by atoms with van der Waals surface area (Å²) in [7, 11) is 0. The zero-order valence-corrected chi connectivity index (χ0v) is 12.8. The first kappa shape index (κ1) is 14.8. The van der Waals surface area contributed by atoms with E-state index in [1.54, 1.807) is 12.1 Å². The van der Waals surface area contributed by atoms with Crippen molar-refractivity contribution in [3.63, 3.8) is 0 Å². The van der Waals surface area contributed by atoms with E-state index in [0.29, 0.717) is 29.1 Å². The number of hydrogen-bond acceptors (Lipinski definition) is 6. The number of H-pyrrole nitrogens is 1. The van der Waals surface area contributed by atoms with Gasteiger partial charge < -0.3 is 14.6 Å². The average Bonchev–Trinajstić information content (AvgIpc) is 3.33. The lowest BCUT2D eigenvalue weighted by Crippen LogP contribution is -2.08. The lowest BCUT2D eigenvalue weighted by atomic mass is 10.1. The highest BCUT2D eigenvalue weighted by Crippen LogP contribution is 2.24. The molecule has 0 amide bonds. The first-order chi connectivity index (χ1) is 11.8. The molecule has 1 atom stereocenters. The van der Waals surface area contributed by atoms with E-state index in [1.165, 1.54) is 12.1 Å². The fourth-order valence-electron chi connectivity index (χ4n) is 2.67. The number of hydrogen-bond donors (Lipinski definition) is 2. The van der Waals surface area contributed by atoms with Crippen molar-refractivity contribution in [2.75, 3.05) is 13.1 Å². The Morgan fingerprint density at radius 3 is 2.96 bits per heavy atom. The monoisotopic (exact) mass is 329 g/mol. The summed E-state index contributed by atoms with van der Waals surface area (Å²) in [5.41, 5.74) is 1.69. The third kappa shape index (κ3) is 3.13. The van der Waals surface area contributed by atoms with Crippen molar-refractivity contribution in [3.8, 4) is 17.3 Å². The van der Waals surface area contributed by atoms with E-state index in [-0.39, 0.29) is 12.4 Å². The standard InChI is InChI=1S/C16H16FN5O2/c17-11-1-3-12(4-2-11)23-9-15-19-16(24-22-15)14-7-13(20-21-14)10-5-6-18-8-10/h1-4,7,10,18H,5-6,8-9H2,(H,20,21). The van der Waals surface area contributed by atoms with Crippen LogP contribution in [0.15, 0.2) is 34.9 Å². The summed E-state index contributed by atoms with van der Waals surface area (Å²) in [4.78, 5) is 4.28. The van der Waals surface area contributed by atoms with E-state index in [4.69, 9.17) is 9.26 Å². The van der Waals surface area contributed by atoms with E-state index >= 15 is 0 Å². The van der Waals surface area contributed by atoms with Crippen molar-refractivity contribution in [2.45, 2.75) is 18.9 Å². The van der Waals surface area contributed by atoms with Gasteiger partial charge in [0.15, 0.2) is 12.3 Å². The van der Waals surface area contributed by atoms with Gasteiger partial charge in [-0.15, -0.1) is 0 Å². The van der Waals surface area contributed by atoms with Gasteiger partial charge in [0.05, 0.1) is 0 Å². The quantitative estimate of drug-likeness (QED) is 0.746. The fourth-order valence-corrected chi connectivity index (χ4v) is 2.67. The Balaban J connectivity index is 1.41. The third-order valence-electron chi connectivity index (χ3n) is 3.97. The van der Waals surface area contributed by atoms with Gasteiger partial charge in [-0.25, -0.2) is 4.39 Å². The largest absolute Gasteiger partial charge is 0.485 e. The summed E-state index contributed by atoms with van der Waals surface area (Å²) >= 11 is 0. The van der Waals surface area contributed by atoms with Crippen molar-refractivity contribution in [1.82, 2.24) is 25.7 Å². The SMILES string of the molecule is Fc1ccc(OCc2noc(-c3cc(C4CCNC4)[nH]n3)n2)cc1. The van der Waals surface area contributed by atoms with Gasteiger partial charge in [0, 0.05) is 18.2 Å². The second-order valence-corrected chi connectivity index (χ2v) is 5.66. The van der Waals surface area contributed by atoms with Crippen LogP contribution in [0.4, 0.5) is 4.39 Å². The van der Waals surface area contributed by atoms with E-state index in [9.17, 15) is 4.39 Å². The van der Waals surface area contributed by atoms with Crippen LogP contribution in [0.25, 0.3) is 11.6 Å². The summed E-state index contributed by atoms with van der Waals surface area (Å²) in [5, 5.41) is 14.5. The molecule has 1 fully saturated rings. The summed E-state index contributed by atoms with van der Waals surface area (Å²) in [6, 6.07) is 7.70. The predicted octanol–water partition coefficient (Wildman–Crippen LogP) is 2.25. The molecule has 4 rings (SSSR count). The highest BCUT2D eigenvalue weighted by Gasteiger charge is 2.20. The summed E-state index contributed by atoms with van der Waals surface area (Å²) < 4.78 is 23.6. The number of nitrogens with zero attached hydrogens (tertiary/aromatic N) is 3. The second kappa shape index (κ2) is 6.40. The lowest BCUT2D eigenvalue weighted by Gasteiger charge is -2.02. The molecule has 1 saturated heterocycles. The molecule has 24 heavy (non-hydrogen) atoms. The van der Waals surface area contributed by atoms with Crippen molar-refractivity contribution in [2.24, 2.45) is 0 Å². The van der Waals surface area contributed by atoms with Crippen LogP contribution in [0.5, 0.6) is 5.75 Å². The smallest absolute Gasteiger partial charge is 0.278 e. The van der Waals surface area contributed by atoms with Gasteiger partial charge >= 0.3 is 0 Å². The topological polar surface area (TPSA) is 88.9 Å². The van der Waals surface area contributed by atoms with Gasteiger partial charge in [-0.2, -0.15) is 10.1 Å². The molecule has 0 aliphatic carbocycles. The minimum Gasteiger partial charge on any atom is -0.485 e. The van der Waals surface area contributed by atoms with Crippen molar-refractivity contribution >= 4 is 0 Å². The maximum absolute atomic E-state index is 12.8. The molecule has 1 aliphatic rings. The van der Waals surface area contributed by atoms with Crippen LogP contribution in [0.2, 0.25) is 0 Å². The minimum absolute atomic E-state index is 0.138. The Hall–Kier alpha value is -2.74. The lowest BCUT2D eigenvalue weighted by molar-refractivity contribution is 0.286. The van der Waals surface area contributed by atoms with Crippen molar-refractivity contribution in [1.29, 1.82) is 0 Å². The predicted molar refractivity (Wildman–Crippen MR) is 82.8 cm³/mol. The van der Waals surface area contributed by atoms with Gasteiger partial charge in [0.25, 0.3) is 5.89 Å². The molecular formula is C16H16FN5O2. The Morgan fingerprint density at radius 2 is 2.17 bits per heavy atom. The van der Waals surface area contributed by atoms with Gasteiger partial charge in [-0.1, -0.05) is 5.16 Å². The van der Waals surface area contributed by atoms with Crippen molar-refractivity contribution < 1.29 is 13.7 Å². The molecule has 1 unspecified atom stereocenters. The maximum atomic E-state index is 12.8. The van der Waals surface area contributed by atoms with Crippen molar-refractivity contribution in [3.05, 3.63) is 47.7 Å². The number of benzene rings is 1. The number of aromatic amines is 1. The van der Waals surface area contributed by atoms with Gasteiger partial charge in [-0.3, -0.25) is 5.10 Å². The second-order valence-electron chi connectivity index (χ2n) is 5.66. The molecule has 124 valence electrons. The molecule has 0 spiro atoms. The first-order valence-corrected chi connectivity index (χ1v) is 7.75. The molecule has 0 saturated carbocycles. The number of rotatable bonds is 5. The third-order valence-corrected chi connectivity index (χ3v) is 3.97. The normalized spacial score (nSPS) is 17.3. The Kier molecular flexibility index (Phi) is 3.96. The number of halogens is 1. The van der Waals surface area contributed by atoms with Crippen LogP contribution in [0, 0.1) is 5.82 Å². The Bertz CT molecular complexity index is 808. The van der Waals surface area contributed by atoms with Crippen LogP contribution in [0.1, 0.15) is 23.9 Å². The molecule has 3 aromatic rings. The molecule has 0 bridgehead atoms. The summed E-state index contributed by atoms with van der Waals surface area (Å²) in [6.07, 6.45) is 1.09. The number of nitrogens with one attached hydrogen (secondary N) is 2. The zero-order chi connectivity index (χ0) is 16.4. The molecule has 0 radical (unpaired) electrons. The molecule has 1 aromatic carbocycles. The maximum Gasteiger partial charge on any atom is 0.278 e. The zero-order valence-electron chi connectivity index (χ0n) is 12.8. The first-order valence-electron chi connectivity index (χ1n) is 7.75. The van der Waals surface area contributed by atoms with Crippen LogP contribution in [0.3, 0.4) is 0 Å². The van der Waals surface area contributed by atoms with E-state index in [0.717, 1.165) is 25.2 Å². The van der Waals surface area contributed by atoms with Crippen LogP contribution < -0.4 is 10.1 Å². The average molecular weight is 329 g/mol. The molecule has 8 heteroatoms. The molecular weight excluding hydrogens is 313 g/mol. The number of aromatic nitrogens is 4. The number of ether oxygens (including phenoxy) is 1. The molecule has 1 aliphatic heterocycles. The van der Waals surface area contributed by atoms with E-state index in [1.807, 2.05) is 6.07 Å². The highest BCUT2D eigenvalue weighted by atomic mass is 19.1. The molecule has 2 N–H and O–H groups in total. The van der Waals surface area contributed by atoms with Gasteiger partial charge in [-0.05, 0) is 43.3 Å². The fraction of sp³-hybridized carbons (Fsp3) is 0.312. The minimum atomic E-state index is -0.309. The summed E-state index contributed by atoms with van der Waals surface area (Å²) in [6.45, 7) is 2.10. The Labute approximate surface area is 137 Å². The van der Waals surface area contributed by atoms with Crippen LogP contribution in [-0.2, 0) is 6.61 Å². The van der Waals surface area contributed by atoms with E-state index < -0.39 is 0 Å². The van der Waals surface area contributed by atoms with Gasteiger partial charge in [0.2, 0.25) is 5.82 Å². The molecule has 7 nitrogen and oxygen atoms in total. The van der Waals surface area contributed by atoms with Crippen LogP contribution in [-0.4, -0.2) is 33.4 Å². The summed E-state index contributed by atoms with van der Waals surface area (Å²) in [5.74, 6) is 1.42. The van der Waals surface area contributed by atoms with Gasteiger partial charge in [0.1, 0.15) is 11.6 Å². The van der Waals surface area contributed by atoms with Crippen LogP contribution >= 0.6 is 0 Å². The van der Waals surface area contributed by atoms with E-state index in [2.05, 4.69) is 25.7 Å². The Morgan fingerprint density at radius 1 is 1.29 bits per heavy atom.